The summed E-state index contributed by atoms with van der Waals surface area (Å²) >= 11 is 7.38. The van der Waals surface area contributed by atoms with Gasteiger partial charge in [-0.1, -0.05) is 29.4 Å². The minimum Gasteiger partial charge on any atom is -0.341 e. The highest BCUT2D eigenvalue weighted by molar-refractivity contribution is 7.99. The number of halogens is 1. The van der Waals surface area contributed by atoms with E-state index in [1.54, 1.807) is 12.4 Å². The lowest BCUT2D eigenvalue weighted by Crippen LogP contribution is -2.38. The number of hydrogen-bond donors (Lipinski definition) is 2. The fraction of sp³-hybridized carbons (Fsp3) is 0.214. The predicted molar refractivity (Wildman–Crippen MR) is 86.6 cm³/mol. The molecule has 8 heteroatoms. The van der Waals surface area contributed by atoms with Crippen LogP contribution in [0.2, 0.25) is 5.02 Å². The third kappa shape index (κ3) is 3.80. The van der Waals surface area contributed by atoms with Gasteiger partial charge >= 0.3 is 6.03 Å². The molecule has 2 rings (SSSR count). The molecule has 0 aliphatic heterocycles. The van der Waals surface area contributed by atoms with E-state index in [4.69, 9.17) is 11.6 Å². The van der Waals surface area contributed by atoms with Gasteiger partial charge in [-0.15, -0.1) is 0 Å². The van der Waals surface area contributed by atoms with Crippen LogP contribution in [0.3, 0.4) is 0 Å². The van der Waals surface area contributed by atoms with Crippen LogP contribution in [-0.4, -0.2) is 34.3 Å². The predicted octanol–water partition coefficient (Wildman–Crippen LogP) is 2.38. The zero-order valence-corrected chi connectivity index (χ0v) is 13.7. The number of imide groups is 1. The molecule has 0 radical (unpaired) electrons. The lowest BCUT2D eigenvalue weighted by molar-refractivity contribution is -0.117. The Morgan fingerprint density at radius 3 is 2.91 bits per heavy atom. The molecule has 0 spiro atoms. The van der Waals surface area contributed by atoms with Crippen LogP contribution < -0.4 is 10.6 Å². The molecule has 0 bridgehead atoms. The number of rotatable bonds is 4. The number of nitrogens with one attached hydrogen (secondary N) is 2. The Morgan fingerprint density at radius 1 is 1.41 bits per heavy atom. The van der Waals surface area contributed by atoms with Crippen molar-refractivity contribution >= 4 is 35.3 Å². The first-order chi connectivity index (χ1) is 10.5. The van der Waals surface area contributed by atoms with E-state index in [0.717, 1.165) is 11.3 Å². The second-order valence-electron chi connectivity index (χ2n) is 4.38. The van der Waals surface area contributed by atoms with Gasteiger partial charge in [-0.3, -0.25) is 14.7 Å². The van der Waals surface area contributed by atoms with E-state index in [0.29, 0.717) is 10.2 Å². The van der Waals surface area contributed by atoms with Crippen molar-refractivity contribution in [1.82, 2.24) is 20.2 Å². The minimum atomic E-state index is -0.528. The van der Waals surface area contributed by atoms with Crippen molar-refractivity contribution in [2.75, 3.05) is 12.8 Å². The van der Waals surface area contributed by atoms with Gasteiger partial charge in [-0.2, -0.15) is 0 Å². The fourth-order valence-corrected chi connectivity index (χ4v) is 2.73. The zero-order valence-electron chi connectivity index (χ0n) is 12.1. The highest BCUT2D eigenvalue weighted by atomic mass is 35.5. The maximum atomic E-state index is 11.6. The summed E-state index contributed by atoms with van der Waals surface area (Å²) < 4.78 is 1.86. The zero-order chi connectivity index (χ0) is 16.1. The smallest absolute Gasteiger partial charge is 0.321 e. The van der Waals surface area contributed by atoms with Gasteiger partial charge in [0.1, 0.15) is 0 Å². The van der Waals surface area contributed by atoms with Crippen molar-refractivity contribution in [2.45, 2.75) is 12.1 Å². The second kappa shape index (κ2) is 7.33. The van der Waals surface area contributed by atoms with Crippen molar-refractivity contribution in [3.63, 3.8) is 0 Å². The van der Waals surface area contributed by atoms with E-state index in [1.165, 1.54) is 18.8 Å². The SMILES string of the molecule is CNC(=O)NC(=O)CSc1nccn1-c1cccc(Cl)c1C. The van der Waals surface area contributed by atoms with Crippen LogP contribution in [-0.2, 0) is 4.79 Å². The maximum Gasteiger partial charge on any atom is 0.321 e. The molecule has 1 aromatic heterocycles. The average molecular weight is 339 g/mol. The Bertz CT molecular complexity index is 702. The molecule has 3 amide bonds. The quantitative estimate of drug-likeness (QED) is 0.839. The van der Waals surface area contributed by atoms with Gasteiger partial charge in [0.2, 0.25) is 5.91 Å². The highest BCUT2D eigenvalue weighted by Crippen LogP contribution is 2.26. The molecule has 0 unspecified atom stereocenters. The van der Waals surface area contributed by atoms with Gasteiger partial charge < -0.3 is 5.32 Å². The number of urea groups is 1. The number of benzene rings is 1. The van der Waals surface area contributed by atoms with Crippen LogP contribution in [0.1, 0.15) is 5.56 Å². The number of thioether (sulfide) groups is 1. The molecule has 0 aliphatic carbocycles. The Labute approximate surface area is 137 Å². The average Bonchev–Trinajstić information content (AvgIpc) is 2.96. The molecule has 0 aliphatic rings. The first-order valence-electron chi connectivity index (χ1n) is 6.46. The Balaban J connectivity index is 2.12. The summed E-state index contributed by atoms with van der Waals surface area (Å²) in [4.78, 5) is 26.9. The van der Waals surface area contributed by atoms with Crippen LogP contribution in [0, 0.1) is 6.92 Å². The summed E-state index contributed by atoms with van der Waals surface area (Å²) in [7, 11) is 1.45. The summed E-state index contributed by atoms with van der Waals surface area (Å²) in [5.74, 6) is -0.300. The number of carbonyl (C=O) groups is 2. The number of nitrogens with zero attached hydrogens (tertiary/aromatic N) is 2. The standard InChI is InChI=1S/C14H15ClN4O2S/c1-9-10(15)4-3-5-11(9)19-7-6-17-14(19)22-8-12(20)18-13(21)16-2/h3-7H,8H2,1-2H3,(H2,16,18,20,21). The maximum absolute atomic E-state index is 11.6. The summed E-state index contributed by atoms with van der Waals surface area (Å²) in [6.07, 6.45) is 3.46. The molecule has 2 aromatic rings. The van der Waals surface area contributed by atoms with Crippen molar-refractivity contribution in [1.29, 1.82) is 0 Å². The lowest BCUT2D eigenvalue weighted by atomic mass is 10.2. The third-order valence-electron chi connectivity index (χ3n) is 2.92. The van der Waals surface area contributed by atoms with E-state index in [2.05, 4.69) is 15.6 Å². The van der Waals surface area contributed by atoms with Crippen molar-refractivity contribution in [2.24, 2.45) is 0 Å². The second-order valence-corrected chi connectivity index (χ2v) is 5.73. The molecule has 116 valence electrons. The lowest BCUT2D eigenvalue weighted by Gasteiger charge is -2.11. The molecular formula is C14H15ClN4O2S. The van der Waals surface area contributed by atoms with Gasteiger partial charge in [-0.05, 0) is 24.6 Å². The van der Waals surface area contributed by atoms with Gasteiger partial charge in [0, 0.05) is 24.5 Å². The monoisotopic (exact) mass is 338 g/mol. The summed E-state index contributed by atoms with van der Waals surface area (Å²) in [5, 5.41) is 5.84. The van der Waals surface area contributed by atoms with Crippen molar-refractivity contribution < 1.29 is 9.59 Å². The molecule has 0 saturated heterocycles. The van der Waals surface area contributed by atoms with Crippen LogP contribution in [0.5, 0.6) is 0 Å². The van der Waals surface area contributed by atoms with Gasteiger partial charge in [0.25, 0.3) is 0 Å². The fourth-order valence-electron chi connectivity index (χ4n) is 1.79. The van der Waals surface area contributed by atoms with Crippen LogP contribution in [0.25, 0.3) is 5.69 Å². The first-order valence-corrected chi connectivity index (χ1v) is 7.82. The molecule has 6 nitrogen and oxygen atoms in total. The molecule has 2 N–H and O–H groups in total. The minimum absolute atomic E-state index is 0.0873. The normalized spacial score (nSPS) is 10.3. The summed E-state index contributed by atoms with van der Waals surface area (Å²) in [6, 6.07) is 5.08. The number of imidazole rings is 1. The van der Waals surface area contributed by atoms with Crippen LogP contribution in [0.4, 0.5) is 4.79 Å². The largest absolute Gasteiger partial charge is 0.341 e. The molecule has 0 fully saturated rings. The highest BCUT2D eigenvalue weighted by Gasteiger charge is 2.12. The molecule has 22 heavy (non-hydrogen) atoms. The topological polar surface area (TPSA) is 76.0 Å². The molecule has 1 heterocycles. The number of hydrogen-bond acceptors (Lipinski definition) is 4. The molecule has 0 saturated carbocycles. The van der Waals surface area contributed by atoms with Crippen LogP contribution in [0.15, 0.2) is 35.7 Å². The number of aromatic nitrogens is 2. The third-order valence-corrected chi connectivity index (χ3v) is 4.29. The van der Waals surface area contributed by atoms with Crippen LogP contribution >= 0.6 is 23.4 Å². The van der Waals surface area contributed by atoms with Gasteiger partial charge in [-0.25, -0.2) is 9.78 Å². The number of carbonyl (C=O) groups excluding carboxylic acids is 2. The molecule has 0 atom stereocenters. The Hall–Kier alpha value is -1.99. The summed E-state index contributed by atoms with van der Waals surface area (Å²) in [6.45, 7) is 1.92. The van der Waals surface area contributed by atoms with E-state index < -0.39 is 6.03 Å². The van der Waals surface area contributed by atoms with E-state index in [9.17, 15) is 9.59 Å². The molecule has 1 aromatic carbocycles. The Kier molecular flexibility index (Phi) is 5.46. The summed E-state index contributed by atoms with van der Waals surface area (Å²) in [5.41, 5.74) is 1.83. The number of amides is 3. The van der Waals surface area contributed by atoms with Crippen molar-refractivity contribution in [3.05, 3.63) is 41.2 Å². The first kappa shape index (κ1) is 16.4. The van der Waals surface area contributed by atoms with Gasteiger partial charge in [0.05, 0.1) is 11.4 Å². The van der Waals surface area contributed by atoms with Gasteiger partial charge in [0.15, 0.2) is 5.16 Å². The van der Waals surface area contributed by atoms with E-state index in [-0.39, 0.29) is 11.7 Å². The van der Waals surface area contributed by atoms with E-state index in [1.807, 2.05) is 29.7 Å². The molecular weight excluding hydrogens is 324 g/mol. The Morgan fingerprint density at radius 2 is 2.18 bits per heavy atom. The van der Waals surface area contributed by atoms with E-state index >= 15 is 0 Å². The van der Waals surface area contributed by atoms with Crippen molar-refractivity contribution in [3.8, 4) is 5.69 Å².